The molecule has 1 aromatic carbocycles. The van der Waals surface area contributed by atoms with Crippen LogP contribution in [0.4, 0.5) is 15.8 Å². The first-order valence-corrected chi connectivity index (χ1v) is 7.50. The number of non-ortho nitro benzene ring substituents is 1. The summed E-state index contributed by atoms with van der Waals surface area (Å²) in [5.41, 5.74) is 4.28. The minimum atomic E-state index is -4.25. The van der Waals surface area contributed by atoms with E-state index in [1.165, 1.54) is 6.92 Å². The normalized spacial score (nSPS) is 13.1. The molecule has 1 rings (SSSR count). The van der Waals surface area contributed by atoms with Gasteiger partial charge in [-0.25, -0.2) is 17.5 Å². The first-order chi connectivity index (χ1) is 9.69. The maximum atomic E-state index is 13.8. The van der Waals surface area contributed by atoms with Crippen molar-refractivity contribution in [1.29, 1.82) is 0 Å². The zero-order valence-electron chi connectivity index (χ0n) is 11.5. The van der Waals surface area contributed by atoms with Gasteiger partial charge in [0.1, 0.15) is 4.90 Å². The number of hydrogen-bond donors (Lipinski definition) is 2. The fraction of sp³-hybridized carbons (Fsp3) is 0.455. The third kappa shape index (κ3) is 4.34. The molecule has 21 heavy (non-hydrogen) atoms. The average molecular weight is 321 g/mol. The monoisotopic (exact) mass is 321 g/mol. The number of nitro groups is 1. The maximum absolute atomic E-state index is 13.8. The van der Waals surface area contributed by atoms with Crippen LogP contribution in [0.2, 0.25) is 0 Å². The third-order valence-electron chi connectivity index (χ3n) is 2.46. The molecule has 0 aromatic heterocycles. The first kappa shape index (κ1) is 17.3. The highest BCUT2D eigenvalue weighted by molar-refractivity contribution is 7.89. The number of nitrogens with one attached hydrogen (secondary N) is 1. The molecule has 1 atom stereocenters. The van der Waals surface area contributed by atoms with Gasteiger partial charge in [-0.05, 0) is 13.8 Å². The van der Waals surface area contributed by atoms with Gasteiger partial charge in [-0.3, -0.25) is 10.1 Å². The number of nitrogens with zero attached hydrogens (tertiary/aromatic N) is 1. The molecule has 0 saturated carbocycles. The molecule has 0 aliphatic rings. The number of ether oxygens (including phenoxy) is 1. The molecule has 0 bridgehead atoms. The summed E-state index contributed by atoms with van der Waals surface area (Å²) in [6.45, 7) is 3.78. The number of benzene rings is 1. The lowest BCUT2D eigenvalue weighted by Crippen LogP contribution is -2.36. The largest absolute Gasteiger partial charge is 0.397 e. The van der Waals surface area contributed by atoms with E-state index in [-0.39, 0.29) is 6.61 Å². The van der Waals surface area contributed by atoms with Gasteiger partial charge in [0.05, 0.1) is 23.3 Å². The van der Waals surface area contributed by atoms with Crippen molar-refractivity contribution in [2.45, 2.75) is 24.8 Å². The molecule has 1 aromatic rings. The second-order valence-corrected chi connectivity index (χ2v) is 5.94. The smallest absolute Gasteiger partial charge is 0.274 e. The topological polar surface area (TPSA) is 125 Å². The van der Waals surface area contributed by atoms with E-state index < -0.39 is 43.1 Å². The average Bonchev–Trinajstić information content (AvgIpc) is 2.34. The Morgan fingerprint density at radius 2 is 2.14 bits per heavy atom. The molecular formula is C11H16FN3O5S. The molecule has 0 aliphatic carbocycles. The molecule has 0 spiro atoms. The summed E-state index contributed by atoms with van der Waals surface area (Å²) in [6.07, 6.45) is 0. The lowest BCUT2D eigenvalue weighted by Gasteiger charge is -2.15. The van der Waals surface area contributed by atoms with Crippen LogP contribution in [0.3, 0.4) is 0 Å². The van der Waals surface area contributed by atoms with Crippen molar-refractivity contribution in [1.82, 2.24) is 4.72 Å². The Hall–Kier alpha value is -1.78. The van der Waals surface area contributed by atoms with E-state index in [0.29, 0.717) is 12.7 Å². The quantitative estimate of drug-likeness (QED) is 0.439. The molecule has 1 unspecified atom stereocenters. The predicted octanol–water partition coefficient (Wildman–Crippen LogP) is 1.02. The molecule has 0 amide bonds. The Morgan fingerprint density at radius 3 is 2.62 bits per heavy atom. The molecule has 10 heteroatoms. The van der Waals surface area contributed by atoms with Gasteiger partial charge in [-0.2, -0.15) is 0 Å². The summed E-state index contributed by atoms with van der Waals surface area (Å²) in [5, 5.41) is 10.6. The Labute approximate surface area is 121 Å². The lowest BCUT2D eigenvalue weighted by atomic mass is 10.3. The molecular weight excluding hydrogens is 305 g/mol. The van der Waals surface area contributed by atoms with Gasteiger partial charge in [0.25, 0.3) is 5.69 Å². The zero-order valence-corrected chi connectivity index (χ0v) is 12.3. The van der Waals surface area contributed by atoms with Crippen molar-refractivity contribution >= 4 is 21.4 Å². The van der Waals surface area contributed by atoms with Crippen LogP contribution in [0.15, 0.2) is 17.0 Å². The number of halogens is 1. The molecule has 8 nitrogen and oxygen atoms in total. The summed E-state index contributed by atoms with van der Waals surface area (Å²) in [7, 11) is -4.25. The van der Waals surface area contributed by atoms with Gasteiger partial charge < -0.3 is 10.5 Å². The van der Waals surface area contributed by atoms with Crippen LogP contribution in [0.25, 0.3) is 0 Å². The summed E-state index contributed by atoms with van der Waals surface area (Å²) < 4.78 is 45.2. The van der Waals surface area contributed by atoms with E-state index in [9.17, 15) is 22.9 Å². The Kier molecular flexibility index (Phi) is 5.58. The van der Waals surface area contributed by atoms with Crippen molar-refractivity contribution in [2.75, 3.05) is 18.9 Å². The van der Waals surface area contributed by atoms with E-state index in [2.05, 4.69) is 4.72 Å². The zero-order chi connectivity index (χ0) is 16.2. The summed E-state index contributed by atoms with van der Waals surface area (Å²) in [6, 6.07) is 0.701. The molecule has 0 heterocycles. The van der Waals surface area contributed by atoms with Gasteiger partial charge in [-0.15, -0.1) is 0 Å². The van der Waals surface area contributed by atoms with E-state index in [0.717, 1.165) is 6.07 Å². The molecule has 3 N–H and O–H groups in total. The summed E-state index contributed by atoms with van der Waals surface area (Å²) in [5.74, 6) is -1.28. The van der Waals surface area contributed by atoms with Crippen molar-refractivity contribution in [3.63, 3.8) is 0 Å². The van der Waals surface area contributed by atoms with Gasteiger partial charge in [-0.1, -0.05) is 0 Å². The minimum Gasteiger partial charge on any atom is -0.397 e. The van der Waals surface area contributed by atoms with Crippen LogP contribution in [-0.2, 0) is 14.8 Å². The van der Waals surface area contributed by atoms with Crippen molar-refractivity contribution in [2.24, 2.45) is 0 Å². The van der Waals surface area contributed by atoms with Crippen LogP contribution in [0.1, 0.15) is 13.8 Å². The van der Waals surface area contributed by atoms with Crippen LogP contribution in [0.5, 0.6) is 0 Å². The number of anilines is 1. The van der Waals surface area contributed by atoms with Crippen LogP contribution < -0.4 is 10.5 Å². The van der Waals surface area contributed by atoms with Crippen LogP contribution in [-0.4, -0.2) is 32.6 Å². The van der Waals surface area contributed by atoms with E-state index in [1.54, 1.807) is 6.92 Å². The number of hydrogen-bond acceptors (Lipinski definition) is 6. The number of nitro benzene ring substituents is 1. The van der Waals surface area contributed by atoms with Crippen molar-refractivity contribution < 1.29 is 22.5 Å². The standard InChI is InChI=1S/C11H16FN3O5S/c1-3-20-6-7(2)14-21(18,19)11-9(12)4-8(15(16)17)5-10(11)13/h4-5,7,14H,3,6,13H2,1-2H3. The highest BCUT2D eigenvalue weighted by Crippen LogP contribution is 2.27. The number of rotatable bonds is 7. The van der Waals surface area contributed by atoms with E-state index >= 15 is 0 Å². The third-order valence-corrected chi connectivity index (χ3v) is 4.15. The highest BCUT2D eigenvalue weighted by Gasteiger charge is 2.27. The Balaban J connectivity index is 3.12. The Bertz CT molecular complexity index is 612. The summed E-state index contributed by atoms with van der Waals surface area (Å²) in [4.78, 5) is 8.90. The molecule has 0 aliphatic heterocycles. The Morgan fingerprint density at radius 1 is 1.52 bits per heavy atom. The van der Waals surface area contributed by atoms with Gasteiger partial charge in [0.2, 0.25) is 10.0 Å². The second-order valence-electron chi connectivity index (χ2n) is 4.28. The van der Waals surface area contributed by atoms with Gasteiger partial charge >= 0.3 is 0 Å². The maximum Gasteiger partial charge on any atom is 0.274 e. The number of nitrogen functional groups attached to an aromatic ring is 1. The SMILES string of the molecule is CCOCC(C)NS(=O)(=O)c1c(N)cc([N+](=O)[O-])cc1F. The molecule has 0 fully saturated rings. The first-order valence-electron chi connectivity index (χ1n) is 6.02. The number of nitrogens with two attached hydrogens (primary N) is 1. The molecule has 118 valence electrons. The van der Waals surface area contributed by atoms with Gasteiger partial charge in [0, 0.05) is 18.7 Å². The van der Waals surface area contributed by atoms with E-state index in [4.69, 9.17) is 10.5 Å². The van der Waals surface area contributed by atoms with E-state index in [1.807, 2.05) is 0 Å². The van der Waals surface area contributed by atoms with Crippen molar-refractivity contribution in [3.05, 3.63) is 28.1 Å². The molecule has 0 saturated heterocycles. The highest BCUT2D eigenvalue weighted by atomic mass is 32.2. The number of sulfonamides is 1. The molecule has 0 radical (unpaired) electrons. The van der Waals surface area contributed by atoms with Crippen LogP contribution >= 0.6 is 0 Å². The fourth-order valence-electron chi connectivity index (χ4n) is 1.64. The second kappa shape index (κ2) is 6.78. The van der Waals surface area contributed by atoms with Crippen LogP contribution in [0, 0.1) is 15.9 Å². The predicted molar refractivity (Wildman–Crippen MR) is 73.7 cm³/mol. The summed E-state index contributed by atoms with van der Waals surface area (Å²) >= 11 is 0. The fourth-order valence-corrected chi connectivity index (χ4v) is 3.04. The minimum absolute atomic E-state index is 0.101. The lowest BCUT2D eigenvalue weighted by molar-refractivity contribution is -0.385. The van der Waals surface area contributed by atoms with Crippen molar-refractivity contribution in [3.8, 4) is 0 Å². The van der Waals surface area contributed by atoms with Gasteiger partial charge in [0.15, 0.2) is 5.82 Å².